The summed E-state index contributed by atoms with van der Waals surface area (Å²) in [5.41, 5.74) is 2.23. The summed E-state index contributed by atoms with van der Waals surface area (Å²) in [6.45, 7) is 7.16. The Balaban J connectivity index is 1.40. The van der Waals surface area contributed by atoms with Crippen LogP contribution in [0.2, 0.25) is 0 Å². The molecule has 6 nitrogen and oxygen atoms in total. The minimum absolute atomic E-state index is 0.664. The predicted octanol–water partition coefficient (Wildman–Crippen LogP) is 2.18. The van der Waals surface area contributed by atoms with Crippen LogP contribution in [0.25, 0.3) is 5.69 Å². The van der Waals surface area contributed by atoms with Crippen LogP contribution in [0.15, 0.2) is 36.7 Å². The fourth-order valence-corrected chi connectivity index (χ4v) is 4.07. The average molecular weight is 356 g/mol. The monoisotopic (exact) mass is 356 g/mol. The Morgan fingerprint density at radius 3 is 2.88 bits per heavy atom. The zero-order valence-corrected chi connectivity index (χ0v) is 15.5. The second-order valence-electron chi connectivity index (χ2n) is 7.14. The number of nitrogens with zero attached hydrogens (tertiary/aromatic N) is 4. The number of ether oxygens (including phenoxy) is 2. The van der Waals surface area contributed by atoms with E-state index >= 15 is 0 Å². The van der Waals surface area contributed by atoms with Crippen molar-refractivity contribution in [3.63, 3.8) is 0 Å². The molecule has 4 rings (SSSR count). The number of morpholine rings is 1. The van der Waals surface area contributed by atoms with Crippen LogP contribution in [0.5, 0.6) is 5.75 Å². The van der Waals surface area contributed by atoms with Crippen molar-refractivity contribution in [1.29, 1.82) is 0 Å². The zero-order valence-electron chi connectivity index (χ0n) is 15.5. The molecule has 0 N–H and O–H groups in total. The molecule has 0 spiro atoms. The standard InChI is InChI=1S/C20H28N4O2/c1-25-20-7-3-2-6-19(20)24-15-17(13-21-24)14-22-8-4-5-18(16-22)23-9-11-26-12-10-23/h2-3,6-7,13,15,18H,4-5,8-12,14,16H2,1H3/t18-/m0/s1. The largest absolute Gasteiger partial charge is 0.494 e. The minimum Gasteiger partial charge on any atom is -0.494 e. The number of likely N-dealkylation sites (tertiary alicyclic amines) is 1. The number of aromatic nitrogens is 2. The lowest BCUT2D eigenvalue weighted by Gasteiger charge is -2.40. The van der Waals surface area contributed by atoms with Crippen LogP contribution in [-0.4, -0.2) is 72.1 Å². The topological polar surface area (TPSA) is 42.8 Å². The SMILES string of the molecule is COc1ccccc1-n1cc(CN2CCC[C@H](N3CCOCC3)C2)cn1. The van der Waals surface area contributed by atoms with Gasteiger partial charge in [-0.2, -0.15) is 5.10 Å². The van der Waals surface area contributed by atoms with Crippen molar-refractivity contribution in [2.45, 2.75) is 25.4 Å². The molecule has 2 aliphatic rings. The molecule has 2 fully saturated rings. The van der Waals surface area contributed by atoms with Gasteiger partial charge in [-0.15, -0.1) is 0 Å². The van der Waals surface area contributed by atoms with Gasteiger partial charge >= 0.3 is 0 Å². The summed E-state index contributed by atoms with van der Waals surface area (Å²) in [6.07, 6.45) is 6.67. The van der Waals surface area contributed by atoms with Crippen molar-refractivity contribution in [3.8, 4) is 11.4 Å². The Bertz CT molecular complexity index is 711. The van der Waals surface area contributed by atoms with E-state index in [2.05, 4.69) is 21.1 Å². The maximum absolute atomic E-state index is 5.50. The van der Waals surface area contributed by atoms with Gasteiger partial charge in [0.15, 0.2) is 0 Å². The van der Waals surface area contributed by atoms with Crippen molar-refractivity contribution in [2.75, 3.05) is 46.5 Å². The summed E-state index contributed by atoms with van der Waals surface area (Å²) < 4.78 is 12.9. The molecule has 6 heteroatoms. The predicted molar refractivity (Wildman–Crippen MR) is 101 cm³/mol. The molecule has 2 saturated heterocycles. The lowest BCUT2D eigenvalue weighted by atomic mass is 10.0. The molecule has 0 amide bonds. The van der Waals surface area contributed by atoms with Crippen molar-refractivity contribution in [3.05, 3.63) is 42.2 Å². The van der Waals surface area contributed by atoms with Crippen LogP contribution in [-0.2, 0) is 11.3 Å². The summed E-state index contributed by atoms with van der Waals surface area (Å²) in [4.78, 5) is 5.17. The molecule has 1 aromatic carbocycles. The van der Waals surface area contributed by atoms with Gasteiger partial charge in [0.25, 0.3) is 0 Å². The first kappa shape index (κ1) is 17.5. The molecule has 2 aliphatic heterocycles. The Hall–Kier alpha value is -1.89. The molecule has 2 aromatic rings. The minimum atomic E-state index is 0.664. The van der Waals surface area contributed by atoms with E-state index < -0.39 is 0 Å². The molecule has 0 bridgehead atoms. The highest BCUT2D eigenvalue weighted by atomic mass is 16.5. The van der Waals surface area contributed by atoms with Gasteiger partial charge in [-0.05, 0) is 31.5 Å². The van der Waals surface area contributed by atoms with Gasteiger partial charge in [-0.25, -0.2) is 4.68 Å². The molecule has 1 aromatic heterocycles. The first-order valence-corrected chi connectivity index (χ1v) is 9.54. The van der Waals surface area contributed by atoms with Crippen LogP contribution < -0.4 is 4.74 Å². The summed E-state index contributed by atoms with van der Waals surface area (Å²) in [7, 11) is 1.70. The summed E-state index contributed by atoms with van der Waals surface area (Å²) in [5.74, 6) is 0.840. The van der Waals surface area contributed by atoms with E-state index in [9.17, 15) is 0 Å². The highest BCUT2D eigenvalue weighted by Crippen LogP contribution is 2.23. The van der Waals surface area contributed by atoms with Crippen LogP contribution in [0.3, 0.4) is 0 Å². The molecule has 26 heavy (non-hydrogen) atoms. The van der Waals surface area contributed by atoms with Crippen LogP contribution in [0, 0.1) is 0 Å². The third-order valence-electron chi connectivity index (χ3n) is 5.42. The van der Waals surface area contributed by atoms with Crippen molar-refractivity contribution in [2.24, 2.45) is 0 Å². The Kier molecular flexibility index (Phi) is 5.53. The number of para-hydroxylation sites is 2. The number of hydrogen-bond donors (Lipinski definition) is 0. The quantitative estimate of drug-likeness (QED) is 0.821. The van der Waals surface area contributed by atoms with Gasteiger partial charge in [0.1, 0.15) is 11.4 Å². The van der Waals surface area contributed by atoms with E-state index in [0.29, 0.717) is 6.04 Å². The molecule has 140 valence electrons. The second-order valence-corrected chi connectivity index (χ2v) is 7.14. The van der Waals surface area contributed by atoms with Crippen molar-refractivity contribution >= 4 is 0 Å². The molecular formula is C20H28N4O2. The summed E-state index contributed by atoms with van der Waals surface area (Å²) >= 11 is 0. The normalized spacial score (nSPS) is 22.4. The Labute approximate surface area is 155 Å². The maximum Gasteiger partial charge on any atom is 0.144 e. The number of piperidine rings is 1. The summed E-state index contributed by atoms with van der Waals surface area (Å²) in [5, 5.41) is 4.55. The molecule has 0 unspecified atom stereocenters. The number of rotatable bonds is 5. The molecule has 0 saturated carbocycles. The lowest BCUT2D eigenvalue weighted by Crippen LogP contribution is -2.51. The van der Waals surface area contributed by atoms with Crippen LogP contribution >= 0.6 is 0 Å². The third-order valence-corrected chi connectivity index (χ3v) is 5.42. The van der Waals surface area contributed by atoms with E-state index in [0.717, 1.165) is 50.8 Å². The number of hydrogen-bond acceptors (Lipinski definition) is 5. The van der Waals surface area contributed by atoms with E-state index in [4.69, 9.17) is 9.47 Å². The first-order valence-electron chi connectivity index (χ1n) is 9.54. The van der Waals surface area contributed by atoms with Gasteiger partial charge in [0, 0.05) is 44.0 Å². The molecule has 0 radical (unpaired) electrons. The summed E-state index contributed by atoms with van der Waals surface area (Å²) in [6, 6.07) is 8.65. The van der Waals surface area contributed by atoms with E-state index in [1.165, 1.54) is 24.9 Å². The smallest absolute Gasteiger partial charge is 0.144 e. The number of benzene rings is 1. The second kappa shape index (κ2) is 8.20. The van der Waals surface area contributed by atoms with Gasteiger partial charge in [0.2, 0.25) is 0 Å². The zero-order chi connectivity index (χ0) is 17.8. The fraction of sp³-hybridized carbons (Fsp3) is 0.550. The molecular weight excluding hydrogens is 328 g/mol. The van der Waals surface area contributed by atoms with E-state index in [1.807, 2.05) is 35.1 Å². The van der Waals surface area contributed by atoms with E-state index in [1.54, 1.807) is 7.11 Å². The highest BCUT2D eigenvalue weighted by Gasteiger charge is 2.26. The molecule has 1 atom stereocenters. The number of methoxy groups -OCH3 is 1. The third kappa shape index (κ3) is 3.92. The first-order chi connectivity index (χ1) is 12.8. The molecule has 0 aliphatic carbocycles. The Morgan fingerprint density at radius 2 is 2.04 bits per heavy atom. The van der Waals surface area contributed by atoms with Gasteiger partial charge < -0.3 is 9.47 Å². The lowest BCUT2D eigenvalue weighted by molar-refractivity contribution is -0.00358. The van der Waals surface area contributed by atoms with Crippen LogP contribution in [0.4, 0.5) is 0 Å². The van der Waals surface area contributed by atoms with Crippen LogP contribution in [0.1, 0.15) is 18.4 Å². The van der Waals surface area contributed by atoms with Gasteiger partial charge in [-0.1, -0.05) is 12.1 Å². The van der Waals surface area contributed by atoms with Gasteiger partial charge in [0.05, 0.1) is 26.5 Å². The fourth-order valence-electron chi connectivity index (χ4n) is 4.07. The van der Waals surface area contributed by atoms with Crippen molar-refractivity contribution < 1.29 is 9.47 Å². The Morgan fingerprint density at radius 1 is 1.19 bits per heavy atom. The molecule has 3 heterocycles. The van der Waals surface area contributed by atoms with Crippen molar-refractivity contribution in [1.82, 2.24) is 19.6 Å². The highest BCUT2D eigenvalue weighted by molar-refractivity contribution is 5.46. The van der Waals surface area contributed by atoms with Gasteiger partial charge in [-0.3, -0.25) is 9.80 Å². The average Bonchev–Trinajstić information content (AvgIpc) is 3.17. The maximum atomic E-state index is 5.50. The van der Waals surface area contributed by atoms with E-state index in [-0.39, 0.29) is 0 Å².